The number of anilines is 1. The fourth-order valence-corrected chi connectivity index (χ4v) is 2.09. The Morgan fingerprint density at radius 3 is 2.41 bits per heavy atom. The van der Waals surface area contributed by atoms with Crippen LogP contribution in [0.25, 0.3) is 16.7 Å². The predicted octanol–water partition coefficient (Wildman–Crippen LogP) is 2.61. The third kappa shape index (κ3) is 1.97. The molecular weight excluding hydrogens is 327 g/mol. The van der Waals surface area contributed by atoms with Crippen LogP contribution in [0.15, 0.2) is 42.5 Å². The molecule has 3 aromatic rings. The molecule has 2 aromatic carbocycles. The van der Waals surface area contributed by atoms with Crippen molar-refractivity contribution in [3.05, 3.63) is 46.0 Å². The lowest BCUT2D eigenvalue weighted by molar-refractivity contribution is 0.766. The lowest BCUT2D eigenvalue weighted by Gasteiger charge is -1.98. The lowest BCUT2D eigenvalue weighted by Crippen LogP contribution is -1.98. The van der Waals surface area contributed by atoms with Crippen LogP contribution in [0, 0.1) is 3.57 Å². The second-order valence-corrected chi connectivity index (χ2v) is 4.96. The summed E-state index contributed by atoms with van der Waals surface area (Å²) in [6, 6.07) is 13.5. The summed E-state index contributed by atoms with van der Waals surface area (Å²) in [6.45, 7) is 0. The Labute approximate surface area is 112 Å². The zero-order valence-electron chi connectivity index (χ0n) is 8.84. The standard InChI is InChI=1S/C12H9IN4/c13-8-1-6-11-12(7-8)16-17(15-11)10-4-2-9(14)3-5-10/h1-7H,14H2. The van der Waals surface area contributed by atoms with Gasteiger partial charge >= 0.3 is 0 Å². The first-order valence-corrected chi connectivity index (χ1v) is 6.19. The van der Waals surface area contributed by atoms with E-state index in [2.05, 4.69) is 32.8 Å². The summed E-state index contributed by atoms with van der Waals surface area (Å²) in [5, 5.41) is 8.85. The molecule has 84 valence electrons. The molecule has 0 fully saturated rings. The van der Waals surface area contributed by atoms with E-state index in [0.29, 0.717) is 0 Å². The third-order valence-electron chi connectivity index (χ3n) is 2.47. The van der Waals surface area contributed by atoms with Crippen LogP contribution < -0.4 is 5.73 Å². The molecule has 0 atom stereocenters. The molecule has 5 heteroatoms. The molecule has 3 rings (SSSR count). The van der Waals surface area contributed by atoms with Gasteiger partial charge in [-0.15, -0.1) is 10.2 Å². The molecular formula is C12H9IN4. The van der Waals surface area contributed by atoms with E-state index in [1.807, 2.05) is 42.5 Å². The molecule has 0 aliphatic rings. The maximum atomic E-state index is 5.65. The van der Waals surface area contributed by atoms with Gasteiger partial charge in [0.15, 0.2) is 0 Å². The Kier molecular flexibility index (Phi) is 2.47. The highest BCUT2D eigenvalue weighted by molar-refractivity contribution is 14.1. The van der Waals surface area contributed by atoms with E-state index in [1.54, 1.807) is 4.80 Å². The molecule has 0 spiro atoms. The molecule has 0 aliphatic heterocycles. The Morgan fingerprint density at radius 2 is 1.65 bits per heavy atom. The Balaban J connectivity index is 2.14. The number of hydrogen-bond donors (Lipinski definition) is 1. The number of fused-ring (bicyclic) bond motifs is 1. The first-order chi connectivity index (χ1) is 8.22. The molecule has 2 N–H and O–H groups in total. The summed E-state index contributed by atoms with van der Waals surface area (Å²) >= 11 is 2.26. The molecule has 0 amide bonds. The maximum Gasteiger partial charge on any atom is 0.114 e. The normalized spacial score (nSPS) is 10.9. The van der Waals surface area contributed by atoms with Gasteiger partial charge in [0.05, 0.1) is 5.69 Å². The second kappa shape index (κ2) is 3.99. The van der Waals surface area contributed by atoms with Crippen LogP contribution in [0.1, 0.15) is 0 Å². The van der Waals surface area contributed by atoms with Crippen molar-refractivity contribution in [1.82, 2.24) is 15.0 Å². The van der Waals surface area contributed by atoms with E-state index < -0.39 is 0 Å². The minimum atomic E-state index is 0.736. The Hall–Kier alpha value is -1.63. The van der Waals surface area contributed by atoms with Crippen molar-refractivity contribution < 1.29 is 0 Å². The highest BCUT2D eigenvalue weighted by Gasteiger charge is 2.04. The SMILES string of the molecule is Nc1ccc(-n2nc3ccc(I)cc3n2)cc1. The van der Waals surface area contributed by atoms with Gasteiger partial charge in [-0.05, 0) is 65.1 Å². The van der Waals surface area contributed by atoms with E-state index in [4.69, 9.17) is 5.73 Å². The average molecular weight is 336 g/mol. The van der Waals surface area contributed by atoms with E-state index in [1.165, 1.54) is 0 Å². The van der Waals surface area contributed by atoms with E-state index in [0.717, 1.165) is 26.0 Å². The molecule has 17 heavy (non-hydrogen) atoms. The van der Waals surface area contributed by atoms with Crippen LogP contribution in [0.3, 0.4) is 0 Å². The minimum absolute atomic E-state index is 0.736. The molecule has 0 saturated heterocycles. The molecule has 1 aromatic heterocycles. The number of nitrogens with two attached hydrogens (primary N) is 1. The number of hydrogen-bond acceptors (Lipinski definition) is 3. The zero-order chi connectivity index (χ0) is 11.8. The smallest absolute Gasteiger partial charge is 0.114 e. The van der Waals surface area contributed by atoms with Crippen LogP contribution in [0.2, 0.25) is 0 Å². The summed E-state index contributed by atoms with van der Waals surface area (Å²) in [6.07, 6.45) is 0. The van der Waals surface area contributed by atoms with Gasteiger partial charge in [-0.2, -0.15) is 4.80 Å². The van der Waals surface area contributed by atoms with E-state index in [-0.39, 0.29) is 0 Å². The quantitative estimate of drug-likeness (QED) is 0.549. The summed E-state index contributed by atoms with van der Waals surface area (Å²) in [5.41, 5.74) is 9.08. The van der Waals surface area contributed by atoms with Gasteiger partial charge in [0.1, 0.15) is 11.0 Å². The largest absolute Gasteiger partial charge is 0.399 e. The summed E-state index contributed by atoms with van der Waals surface area (Å²) in [4.78, 5) is 1.63. The van der Waals surface area contributed by atoms with Gasteiger partial charge in [0.2, 0.25) is 0 Å². The second-order valence-electron chi connectivity index (χ2n) is 3.71. The fraction of sp³-hybridized carbons (Fsp3) is 0. The number of benzene rings is 2. The number of halogens is 1. The van der Waals surface area contributed by atoms with Gasteiger partial charge in [0, 0.05) is 9.26 Å². The minimum Gasteiger partial charge on any atom is -0.399 e. The van der Waals surface area contributed by atoms with E-state index >= 15 is 0 Å². The molecule has 0 saturated carbocycles. The van der Waals surface area contributed by atoms with Crippen molar-refractivity contribution in [3.63, 3.8) is 0 Å². The molecule has 0 aliphatic carbocycles. The lowest BCUT2D eigenvalue weighted by atomic mass is 10.3. The van der Waals surface area contributed by atoms with Crippen LogP contribution in [-0.2, 0) is 0 Å². The summed E-state index contributed by atoms with van der Waals surface area (Å²) in [7, 11) is 0. The van der Waals surface area contributed by atoms with Gasteiger partial charge in [-0.3, -0.25) is 0 Å². The number of nitrogens with zero attached hydrogens (tertiary/aromatic N) is 3. The van der Waals surface area contributed by atoms with Gasteiger partial charge in [-0.25, -0.2) is 0 Å². The maximum absolute atomic E-state index is 5.65. The molecule has 0 unspecified atom stereocenters. The van der Waals surface area contributed by atoms with Gasteiger partial charge < -0.3 is 5.73 Å². The van der Waals surface area contributed by atoms with Crippen LogP contribution in [-0.4, -0.2) is 15.0 Å². The van der Waals surface area contributed by atoms with Crippen LogP contribution in [0.5, 0.6) is 0 Å². The van der Waals surface area contributed by atoms with Crippen molar-refractivity contribution in [1.29, 1.82) is 0 Å². The number of nitrogen functional groups attached to an aromatic ring is 1. The number of aromatic nitrogens is 3. The summed E-state index contributed by atoms with van der Waals surface area (Å²) in [5.74, 6) is 0. The number of rotatable bonds is 1. The predicted molar refractivity (Wildman–Crippen MR) is 76.0 cm³/mol. The molecule has 0 radical (unpaired) electrons. The average Bonchev–Trinajstić information content (AvgIpc) is 2.72. The topological polar surface area (TPSA) is 56.7 Å². The highest BCUT2D eigenvalue weighted by atomic mass is 127. The molecule has 1 heterocycles. The van der Waals surface area contributed by atoms with Crippen molar-refractivity contribution in [2.75, 3.05) is 5.73 Å². The van der Waals surface area contributed by atoms with Crippen molar-refractivity contribution in [3.8, 4) is 5.69 Å². The first-order valence-electron chi connectivity index (χ1n) is 5.11. The van der Waals surface area contributed by atoms with Gasteiger partial charge in [-0.1, -0.05) is 0 Å². The molecule has 0 bridgehead atoms. The monoisotopic (exact) mass is 336 g/mol. The zero-order valence-corrected chi connectivity index (χ0v) is 11.0. The summed E-state index contributed by atoms with van der Waals surface area (Å²) < 4.78 is 1.15. The van der Waals surface area contributed by atoms with Crippen molar-refractivity contribution in [2.24, 2.45) is 0 Å². The van der Waals surface area contributed by atoms with Crippen molar-refractivity contribution in [2.45, 2.75) is 0 Å². The van der Waals surface area contributed by atoms with Crippen LogP contribution in [0.4, 0.5) is 5.69 Å². The fourth-order valence-electron chi connectivity index (χ4n) is 1.61. The Bertz CT molecular complexity index is 673. The Morgan fingerprint density at radius 1 is 0.941 bits per heavy atom. The van der Waals surface area contributed by atoms with Crippen LogP contribution >= 0.6 is 22.6 Å². The van der Waals surface area contributed by atoms with E-state index in [9.17, 15) is 0 Å². The van der Waals surface area contributed by atoms with Gasteiger partial charge in [0.25, 0.3) is 0 Å². The van der Waals surface area contributed by atoms with Crippen molar-refractivity contribution >= 4 is 39.3 Å². The first kappa shape index (κ1) is 10.5. The molecule has 4 nitrogen and oxygen atoms in total. The highest BCUT2D eigenvalue weighted by Crippen LogP contribution is 2.16. The third-order valence-corrected chi connectivity index (χ3v) is 3.14.